The Balaban J connectivity index is 2.39. The molecule has 7 heteroatoms. The lowest BCUT2D eigenvalue weighted by Crippen LogP contribution is -2.23. The Kier molecular flexibility index (Phi) is 8.49. The molecule has 2 rings (SSSR count). The second-order valence-electron chi connectivity index (χ2n) is 6.67. The Hall–Kier alpha value is -2.57. The lowest BCUT2D eigenvalue weighted by Gasteiger charge is -2.24. The minimum absolute atomic E-state index is 0.570. The van der Waals surface area contributed by atoms with Gasteiger partial charge in [0.05, 0.1) is 35.4 Å². The van der Waals surface area contributed by atoms with Gasteiger partial charge < -0.3 is 20.4 Å². The summed E-state index contributed by atoms with van der Waals surface area (Å²) in [5, 5.41) is 16.3. The smallest absolute Gasteiger partial charge is 0.0775 e. The minimum atomic E-state index is 0.570. The van der Waals surface area contributed by atoms with Crippen LogP contribution in [0.15, 0.2) is 42.8 Å². The Labute approximate surface area is 178 Å². The highest BCUT2D eigenvalue weighted by Crippen LogP contribution is 2.33. The maximum atomic E-state index is 7.76. The number of allylic oxidation sites excluding steroid dienone is 1. The van der Waals surface area contributed by atoms with E-state index in [2.05, 4.69) is 42.7 Å². The van der Waals surface area contributed by atoms with E-state index in [0.29, 0.717) is 23.7 Å². The van der Waals surface area contributed by atoms with Crippen LogP contribution in [-0.2, 0) is 4.74 Å². The standard InChI is InChI=1S/C22H30ClN5O/c1-6-9-27(8-3)22-11-20(17(12-24)10-19(22)23)26-18-13-25-28(14-18)21(7-2)16(4)15-29-5/h6,10-14,24,26H,1,7-9,15H2,2-5H3/b21-16+,24-12?. The topological polar surface area (TPSA) is 66.2 Å². The van der Waals surface area contributed by atoms with Gasteiger partial charge in [-0.1, -0.05) is 24.6 Å². The fourth-order valence-electron chi connectivity index (χ4n) is 3.25. The molecule has 0 spiro atoms. The van der Waals surface area contributed by atoms with Crippen LogP contribution in [0, 0.1) is 5.41 Å². The molecule has 0 aliphatic heterocycles. The second-order valence-corrected chi connectivity index (χ2v) is 7.08. The molecule has 0 bridgehead atoms. The molecule has 0 radical (unpaired) electrons. The number of halogens is 1. The van der Waals surface area contributed by atoms with Crippen molar-refractivity contribution in [3.8, 4) is 0 Å². The first-order valence-electron chi connectivity index (χ1n) is 9.68. The van der Waals surface area contributed by atoms with Gasteiger partial charge in [-0.25, -0.2) is 4.68 Å². The van der Waals surface area contributed by atoms with E-state index in [-0.39, 0.29) is 0 Å². The summed E-state index contributed by atoms with van der Waals surface area (Å²) < 4.78 is 7.12. The molecule has 1 aromatic heterocycles. The van der Waals surface area contributed by atoms with Crippen LogP contribution in [0.4, 0.5) is 17.1 Å². The molecule has 0 fully saturated rings. The van der Waals surface area contributed by atoms with Gasteiger partial charge in [0, 0.05) is 43.4 Å². The molecule has 29 heavy (non-hydrogen) atoms. The highest BCUT2D eigenvalue weighted by molar-refractivity contribution is 6.33. The summed E-state index contributed by atoms with van der Waals surface area (Å²) in [4.78, 5) is 2.13. The maximum absolute atomic E-state index is 7.76. The van der Waals surface area contributed by atoms with E-state index >= 15 is 0 Å². The zero-order valence-electron chi connectivity index (χ0n) is 17.6. The Morgan fingerprint density at radius 1 is 1.41 bits per heavy atom. The highest BCUT2D eigenvalue weighted by atomic mass is 35.5. The predicted octanol–water partition coefficient (Wildman–Crippen LogP) is 5.58. The molecule has 0 aliphatic carbocycles. The van der Waals surface area contributed by atoms with Crippen molar-refractivity contribution in [2.24, 2.45) is 0 Å². The summed E-state index contributed by atoms with van der Waals surface area (Å²) in [6.45, 7) is 12.1. The predicted molar refractivity (Wildman–Crippen MR) is 124 cm³/mol. The molecule has 0 saturated heterocycles. The average molecular weight is 416 g/mol. The van der Waals surface area contributed by atoms with Crippen molar-refractivity contribution in [1.82, 2.24) is 9.78 Å². The number of hydrogen-bond acceptors (Lipinski definition) is 5. The fraction of sp³-hybridized carbons (Fsp3) is 0.364. The number of ether oxygens (including phenoxy) is 1. The zero-order valence-corrected chi connectivity index (χ0v) is 18.4. The molecule has 1 aromatic carbocycles. The number of anilines is 3. The van der Waals surface area contributed by atoms with Crippen LogP contribution in [0.2, 0.25) is 5.02 Å². The van der Waals surface area contributed by atoms with E-state index in [1.54, 1.807) is 13.3 Å². The van der Waals surface area contributed by atoms with E-state index in [0.717, 1.165) is 41.3 Å². The van der Waals surface area contributed by atoms with E-state index < -0.39 is 0 Å². The third-order valence-corrected chi connectivity index (χ3v) is 4.98. The summed E-state index contributed by atoms with van der Waals surface area (Å²) in [7, 11) is 1.69. The van der Waals surface area contributed by atoms with Crippen LogP contribution in [0.25, 0.3) is 5.70 Å². The van der Waals surface area contributed by atoms with Crippen LogP contribution in [0.5, 0.6) is 0 Å². The molecule has 156 valence electrons. The summed E-state index contributed by atoms with van der Waals surface area (Å²) >= 11 is 6.48. The zero-order chi connectivity index (χ0) is 21.4. The van der Waals surface area contributed by atoms with Crippen LogP contribution < -0.4 is 10.2 Å². The highest BCUT2D eigenvalue weighted by Gasteiger charge is 2.13. The van der Waals surface area contributed by atoms with Crippen molar-refractivity contribution in [2.75, 3.05) is 37.0 Å². The van der Waals surface area contributed by atoms with Crippen LogP contribution >= 0.6 is 11.6 Å². The molecule has 0 amide bonds. The number of likely N-dealkylation sites (N-methyl/N-ethyl adjacent to an activating group) is 1. The summed E-state index contributed by atoms with van der Waals surface area (Å²) in [5.74, 6) is 0. The van der Waals surface area contributed by atoms with Gasteiger partial charge in [0.2, 0.25) is 0 Å². The van der Waals surface area contributed by atoms with E-state index in [9.17, 15) is 0 Å². The van der Waals surface area contributed by atoms with E-state index in [1.807, 2.05) is 29.1 Å². The van der Waals surface area contributed by atoms with Gasteiger partial charge in [-0.05, 0) is 38.0 Å². The maximum Gasteiger partial charge on any atom is 0.0775 e. The molecule has 6 nitrogen and oxygen atoms in total. The monoisotopic (exact) mass is 415 g/mol. The van der Waals surface area contributed by atoms with Gasteiger partial charge in [0.25, 0.3) is 0 Å². The fourth-order valence-corrected chi connectivity index (χ4v) is 3.54. The van der Waals surface area contributed by atoms with Crippen molar-refractivity contribution in [2.45, 2.75) is 27.2 Å². The van der Waals surface area contributed by atoms with Gasteiger partial charge in [-0.15, -0.1) is 6.58 Å². The normalized spacial score (nSPS) is 11.8. The third kappa shape index (κ3) is 5.49. The first-order chi connectivity index (χ1) is 14.0. The average Bonchev–Trinajstić information content (AvgIpc) is 3.16. The van der Waals surface area contributed by atoms with Crippen LogP contribution in [0.1, 0.15) is 32.8 Å². The second kappa shape index (κ2) is 10.8. The summed E-state index contributed by atoms with van der Waals surface area (Å²) in [5.41, 5.74) is 5.50. The SMILES string of the molecule is C=CCN(CC)c1cc(Nc2cnn(/C(CC)=C(\C)COC)c2)c(C=N)cc1Cl. The van der Waals surface area contributed by atoms with E-state index in [1.165, 1.54) is 6.21 Å². The summed E-state index contributed by atoms with van der Waals surface area (Å²) in [6.07, 6.45) is 7.72. The van der Waals surface area contributed by atoms with Crippen molar-refractivity contribution >= 4 is 40.6 Å². The van der Waals surface area contributed by atoms with Gasteiger partial charge in [0.15, 0.2) is 0 Å². The van der Waals surface area contributed by atoms with Crippen molar-refractivity contribution in [3.05, 3.63) is 53.3 Å². The number of aromatic nitrogens is 2. The Morgan fingerprint density at radius 3 is 2.76 bits per heavy atom. The van der Waals surface area contributed by atoms with E-state index in [4.69, 9.17) is 21.7 Å². The molecule has 2 N–H and O–H groups in total. The number of rotatable bonds is 11. The molecule has 1 heterocycles. The first kappa shape index (κ1) is 22.7. The number of nitrogens with zero attached hydrogens (tertiary/aromatic N) is 3. The third-order valence-electron chi connectivity index (χ3n) is 4.67. The molecule has 0 aliphatic rings. The lowest BCUT2D eigenvalue weighted by atomic mass is 10.1. The van der Waals surface area contributed by atoms with Gasteiger partial charge in [-0.2, -0.15) is 5.10 Å². The molecule has 0 unspecified atom stereocenters. The van der Waals surface area contributed by atoms with Crippen molar-refractivity contribution in [1.29, 1.82) is 5.41 Å². The Bertz CT molecular complexity index is 887. The molecule has 0 atom stereocenters. The van der Waals surface area contributed by atoms with Crippen LogP contribution in [-0.4, -0.2) is 42.8 Å². The summed E-state index contributed by atoms with van der Waals surface area (Å²) in [6, 6.07) is 3.78. The quantitative estimate of drug-likeness (QED) is 0.371. The van der Waals surface area contributed by atoms with Crippen molar-refractivity contribution in [3.63, 3.8) is 0 Å². The van der Waals surface area contributed by atoms with Gasteiger partial charge in [-0.3, -0.25) is 0 Å². The molecular formula is C22H30ClN5O. The number of methoxy groups -OCH3 is 1. The number of benzene rings is 1. The van der Waals surface area contributed by atoms with Crippen LogP contribution in [0.3, 0.4) is 0 Å². The first-order valence-corrected chi connectivity index (χ1v) is 10.1. The Morgan fingerprint density at radius 2 is 2.17 bits per heavy atom. The molecular weight excluding hydrogens is 386 g/mol. The molecule has 2 aromatic rings. The minimum Gasteiger partial charge on any atom is -0.380 e. The van der Waals surface area contributed by atoms with Gasteiger partial charge in [0.1, 0.15) is 0 Å². The lowest BCUT2D eigenvalue weighted by molar-refractivity contribution is 0.225. The largest absolute Gasteiger partial charge is 0.380 e. The molecule has 0 saturated carbocycles. The van der Waals surface area contributed by atoms with Crippen molar-refractivity contribution < 1.29 is 4.74 Å². The van der Waals surface area contributed by atoms with Gasteiger partial charge >= 0.3 is 0 Å². The number of nitrogens with one attached hydrogen (secondary N) is 2. The number of hydrogen-bond donors (Lipinski definition) is 2.